The molecule has 1 aliphatic carbocycles. The maximum absolute atomic E-state index is 13.9. The molecule has 5 atom stereocenters. The summed E-state index contributed by atoms with van der Waals surface area (Å²) in [5, 5.41) is 14.5. The van der Waals surface area contributed by atoms with E-state index in [9.17, 15) is 22.9 Å². The first kappa shape index (κ1) is 41.0. The normalized spacial score (nSPS) is 21.8. The number of carbonyl (C=O) groups excluding carboxylic acids is 1. The number of aliphatic hydroxyl groups is 1. The summed E-state index contributed by atoms with van der Waals surface area (Å²) in [7, 11) is -5.97. The van der Waals surface area contributed by atoms with E-state index in [0.717, 1.165) is 5.57 Å². The molecule has 0 radical (unpaired) electrons. The van der Waals surface area contributed by atoms with Gasteiger partial charge in [-0.1, -0.05) is 32.1 Å². The first-order chi connectivity index (χ1) is 24.4. The van der Waals surface area contributed by atoms with E-state index in [1.807, 2.05) is 26.0 Å². The summed E-state index contributed by atoms with van der Waals surface area (Å²) in [6, 6.07) is 5.12. The number of rotatable bonds is 20. The van der Waals surface area contributed by atoms with Crippen LogP contribution in [0, 0.1) is 11.8 Å². The van der Waals surface area contributed by atoms with Crippen molar-refractivity contribution in [1.29, 1.82) is 0 Å². The molecule has 1 aromatic carbocycles. The number of amides is 1. The van der Waals surface area contributed by atoms with Crippen LogP contribution in [-0.4, -0.2) is 101 Å². The highest BCUT2D eigenvalue weighted by Crippen LogP contribution is 2.48. The number of allylic oxidation sites excluding steroid dienone is 4. The van der Waals surface area contributed by atoms with Gasteiger partial charge < -0.3 is 43.2 Å². The Bertz CT molecular complexity index is 1520. The van der Waals surface area contributed by atoms with E-state index in [4.69, 9.17) is 32.7 Å². The minimum Gasteiger partial charge on any atom is -0.497 e. The highest BCUT2D eigenvalue weighted by atomic mass is 32.2. The molecule has 3 aliphatic rings. The summed E-state index contributed by atoms with van der Waals surface area (Å²) in [5.74, 6) is 1.14. The lowest BCUT2D eigenvalue weighted by Crippen LogP contribution is -2.50. The molecule has 0 saturated carbocycles. The Morgan fingerprint density at radius 3 is 2.51 bits per heavy atom. The fourth-order valence-electron chi connectivity index (χ4n) is 5.91. The summed E-state index contributed by atoms with van der Waals surface area (Å²) in [6.07, 6.45) is 5.66. The number of benzene rings is 1. The molecule has 2 heterocycles. The second-order valence-electron chi connectivity index (χ2n) is 12.9. The largest absolute Gasteiger partial charge is 0.497 e. The molecule has 1 aromatic rings. The van der Waals surface area contributed by atoms with Gasteiger partial charge in [-0.05, 0) is 74.9 Å². The molecule has 0 spiro atoms. The molecule has 4 rings (SSSR count). The number of ether oxygens (including phenoxy) is 5. The van der Waals surface area contributed by atoms with Crippen molar-refractivity contribution in [2.24, 2.45) is 11.8 Å². The van der Waals surface area contributed by atoms with Crippen LogP contribution in [0.15, 0.2) is 64.8 Å². The summed E-state index contributed by atoms with van der Waals surface area (Å²) in [5.41, 5.74) is 0.718. The zero-order valence-electron chi connectivity index (χ0n) is 30.1. The van der Waals surface area contributed by atoms with Gasteiger partial charge in [0.15, 0.2) is 12.6 Å². The zero-order chi connectivity index (χ0) is 37.0. The maximum atomic E-state index is 13.9. The van der Waals surface area contributed by atoms with Gasteiger partial charge in [0.05, 0.1) is 56.5 Å². The van der Waals surface area contributed by atoms with Crippen molar-refractivity contribution >= 4 is 23.7 Å². The average molecular weight is 757 g/mol. The van der Waals surface area contributed by atoms with Crippen molar-refractivity contribution in [1.82, 2.24) is 9.62 Å². The van der Waals surface area contributed by atoms with Crippen molar-refractivity contribution in [3.05, 3.63) is 59.9 Å². The standard InChI is InChI=1S/C35H53N2O12PS/c1-6-47-50(40,48-7-2)24-46-28-10-8-9-26(11-12-28)21-31(36-35(39)49-33-23-45-34-30(33)18-20-44-34)32(38)22-37(19-17-25(3)4)51(41,42)29-15-13-27(43-5)14-16-29/h8-9,11-16,25,30-34,38H,6-7,10,17-24H2,1-5H3,(H,36,39). The number of alkyl carbamates (subject to hydrolysis) is 1. The predicted octanol–water partition coefficient (Wildman–Crippen LogP) is 5.35. The molecule has 51 heavy (non-hydrogen) atoms. The van der Waals surface area contributed by atoms with Gasteiger partial charge in [-0.25, -0.2) is 13.2 Å². The first-order valence-electron chi connectivity index (χ1n) is 17.5. The van der Waals surface area contributed by atoms with Crippen LogP contribution in [0.25, 0.3) is 0 Å². The van der Waals surface area contributed by atoms with Crippen molar-refractivity contribution in [2.45, 2.75) is 82.8 Å². The van der Waals surface area contributed by atoms with Gasteiger partial charge in [0.25, 0.3) is 0 Å². The summed E-state index contributed by atoms with van der Waals surface area (Å²) in [4.78, 5) is 13.4. The fourth-order valence-corrected chi connectivity index (χ4v) is 8.72. The zero-order valence-corrected chi connectivity index (χ0v) is 31.8. The molecule has 0 aromatic heterocycles. The Morgan fingerprint density at radius 1 is 1.12 bits per heavy atom. The number of aliphatic hydroxyl groups excluding tert-OH is 1. The summed E-state index contributed by atoms with van der Waals surface area (Å²) < 4.78 is 80.5. The van der Waals surface area contributed by atoms with Gasteiger partial charge in [-0.15, -0.1) is 0 Å². The second kappa shape index (κ2) is 19.4. The molecule has 286 valence electrons. The van der Waals surface area contributed by atoms with E-state index in [1.165, 1.54) is 23.5 Å². The van der Waals surface area contributed by atoms with Gasteiger partial charge in [0.1, 0.15) is 17.6 Å². The van der Waals surface area contributed by atoms with Gasteiger partial charge in [-0.2, -0.15) is 4.31 Å². The Balaban J connectivity index is 1.55. The molecular weight excluding hydrogens is 703 g/mol. The number of sulfonamides is 1. The summed E-state index contributed by atoms with van der Waals surface area (Å²) in [6.45, 7) is 8.43. The van der Waals surface area contributed by atoms with Crippen LogP contribution in [-0.2, 0) is 42.6 Å². The highest BCUT2D eigenvalue weighted by Gasteiger charge is 2.44. The van der Waals surface area contributed by atoms with Crippen LogP contribution in [0.1, 0.15) is 53.4 Å². The Labute approximate surface area is 301 Å². The van der Waals surface area contributed by atoms with Gasteiger partial charge in [0, 0.05) is 19.5 Å². The molecule has 2 aliphatic heterocycles. The van der Waals surface area contributed by atoms with Crippen molar-refractivity contribution in [3.8, 4) is 5.75 Å². The lowest BCUT2D eigenvalue weighted by Gasteiger charge is -2.30. The molecule has 2 N–H and O–H groups in total. The monoisotopic (exact) mass is 756 g/mol. The van der Waals surface area contributed by atoms with Crippen LogP contribution in [0.5, 0.6) is 5.75 Å². The number of hydrogen-bond donors (Lipinski definition) is 2. The minimum absolute atomic E-state index is 0.0584. The SMILES string of the molecule is CCOP(=O)(COC1=CC=C(CC(NC(=O)OC2COC3OCCC23)C(O)CN(CCC(C)C)S(=O)(=O)c2ccc(OC)cc2)C=CC1)OCC. The molecule has 0 bridgehead atoms. The first-order valence-corrected chi connectivity index (χ1v) is 20.6. The van der Waals surface area contributed by atoms with Gasteiger partial charge in [-0.3, -0.25) is 4.57 Å². The summed E-state index contributed by atoms with van der Waals surface area (Å²) >= 11 is 0. The maximum Gasteiger partial charge on any atom is 0.407 e. The van der Waals surface area contributed by atoms with Crippen molar-refractivity contribution in [2.75, 3.05) is 53.0 Å². The fraction of sp³-hybridized carbons (Fsp3) is 0.629. The van der Waals surface area contributed by atoms with E-state index in [2.05, 4.69) is 5.32 Å². The van der Waals surface area contributed by atoms with E-state index in [-0.39, 0.29) is 62.4 Å². The third kappa shape index (κ3) is 11.9. The van der Waals surface area contributed by atoms with Crippen LogP contribution < -0.4 is 10.1 Å². The van der Waals surface area contributed by atoms with Crippen LogP contribution in [0.2, 0.25) is 0 Å². The van der Waals surface area contributed by atoms with Crippen LogP contribution in [0.4, 0.5) is 4.79 Å². The Morgan fingerprint density at radius 2 is 1.84 bits per heavy atom. The predicted molar refractivity (Wildman–Crippen MR) is 190 cm³/mol. The topological polar surface area (TPSA) is 168 Å². The minimum atomic E-state index is -4.04. The van der Waals surface area contributed by atoms with Gasteiger partial charge >= 0.3 is 13.7 Å². The molecule has 5 unspecified atom stereocenters. The highest BCUT2D eigenvalue weighted by molar-refractivity contribution is 7.89. The number of nitrogens with zero attached hydrogens (tertiary/aromatic N) is 1. The van der Waals surface area contributed by atoms with E-state index < -0.39 is 48.3 Å². The third-order valence-electron chi connectivity index (χ3n) is 8.70. The molecule has 14 nitrogen and oxygen atoms in total. The average Bonchev–Trinajstić information content (AvgIpc) is 3.64. The number of carbonyl (C=O) groups is 1. The Hall–Kier alpha value is -2.75. The van der Waals surface area contributed by atoms with Crippen molar-refractivity contribution < 1.29 is 55.6 Å². The van der Waals surface area contributed by atoms with Crippen molar-refractivity contribution in [3.63, 3.8) is 0 Å². The van der Waals surface area contributed by atoms with E-state index in [0.29, 0.717) is 37.4 Å². The quantitative estimate of drug-likeness (QED) is 0.164. The van der Waals surface area contributed by atoms with E-state index in [1.54, 1.807) is 38.1 Å². The van der Waals surface area contributed by atoms with Crippen LogP contribution in [0.3, 0.4) is 0 Å². The lowest BCUT2D eigenvalue weighted by atomic mass is 10.0. The third-order valence-corrected chi connectivity index (χ3v) is 12.3. The molecule has 16 heteroatoms. The molecule has 2 fully saturated rings. The lowest BCUT2D eigenvalue weighted by molar-refractivity contribution is -0.0907. The number of fused-ring (bicyclic) bond motifs is 1. The molecular formula is C35H53N2O12PS. The number of nitrogens with one attached hydrogen (secondary N) is 1. The van der Waals surface area contributed by atoms with Crippen LogP contribution >= 0.6 is 7.60 Å². The Kier molecular flexibility index (Phi) is 15.6. The molecule has 1 amide bonds. The second-order valence-corrected chi connectivity index (χ2v) is 16.8. The van der Waals surface area contributed by atoms with Gasteiger partial charge in [0.2, 0.25) is 10.0 Å². The number of hydrogen-bond acceptors (Lipinski definition) is 12. The van der Waals surface area contributed by atoms with E-state index >= 15 is 0 Å². The smallest absolute Gasteiger partial charge is 0.407 e. The molecule has 2 saturated heterocycles. The number of methoxy groups -OCH3 is 1.